The Kier molecular flexibility index (Phi) is 5.85. The molecule has 36 heavy (non-hydrogen) atoms. The van der Waals surface area contributed by atoms with Gasteiger partial charge in [-0.05, 0) is 64.0 Å². The number of nitrogens with two attached hydrogens (primary N) is 2. The second kappa shape index (κ2) is 8.93. The number of ether oxygens (including phenoxy) is 1. The largest absolute Gasteiger partial charge is 0.397 e. The lowest BCUT2D eigenvalue weighted by atomic mass is 9.89. The van der Waals surface area contributed by atoms with Crippen LogP contribution in [-0.4, -0.2) is 58.2 Å². The predicted octanol–water partition coefficient (Wildman–Crippen LogP) is 2.66. The number of hydrogen-bond acceptors (Lipinski definition) is 9. The molecule has 3 aromatic heterocycles. The van der Waals surface area contributed by atoms with Crippen LogP contribution in [0.5, 0.6) is 0 Å². The highest BCUT2D eigenvalue weighted by Gasteiger charge is 2.47. The first-order valence-electron chi connectivity index (χ1n) is 12.8. The molecule has 0 radical (unpaired) electrons. The number of nitrogen functional groups attached to an aromatic ring is 1. The number of amides is 1. The minimum Gasteiger partial charge on any atom is -0.397 e. The minimum atomic E-state index is -0.234. The maximum atomic E-state index is 13.1. The number of thiophene rings is 1. The van der Waals surface area contributed by atoms with Crippen LogP contribution < -0.4 is 21.7 Å². The van der Waals surface area contributed by atoms with Gasteiger partial charge >= 0.3 is 0 Å². The van der Waals surface area contributed by atoms with Crippen LogP contribution in [0.3, 0.4) is 0 Å². The number of pyridine rings is 1. The quantitative estimate of drug-likeness (QED) is 0.493. The van der Waals surface area contributed by atoms with Crippen LogP contribution in [0.4, 0.5) is 11.5 Å². The molecule has 0 saturated carbocycles. The first-order valence-corrected chi connectivity index (χ1v) is 13.6. The summed E-state index contributed by atoms with van der Waals surface area (Å²) in [6, 6.07) is 4.29. The summed E-state index contributed by atoms with van der Waals surface area (Å²) in [5.41, 5.74) is 16.2. The van der Waals surface area contributed by atoms with Crippen molar-refractivity contribution in [3.05, 3.63) is 39.8 Å². The van der Waals surface area contributed by atoms with Crippen molar-refractivity contribution < 1.29 is 9.53 Å². The number of anilines is 2. The molecule has 0 aromatic carbocycles. The lowest BCUT2D eigenvalue weighted by Crippen LogP contribution is -2.51. The smallest absolute Gasteiger partial charge is 0.263 e. The van der Waals surface area contributed by atoms with Gasteiger partial charge in [-0.15, -0.1) is 11.3 Å². The van der Waals surface area contributed by atoms with E-state index < -0.39 is 0 Å². The van der Waals surface area contributed by atoms with E-state index in [4.69, 9.17) is 21.2 Å². The molecule has 5 heterocycles. The van der Waals surface area contributed by atoms with E-state index in [9.17, 15) is 4.79 Å². The van der Waals surface area contributed by atoms with Crippen LogP contribution in [0.2, 0.25) is 0 Å². The molecule has 3 aliphatic rings. The topological polar surface area (TPSA) is 132 Å². The number of aryl methyl sites for hydroxylation is 3. The van der Waals surface area contributed by atoms with Gasteiger partial charge in [-0.2, -0.15) is 0 Å². The summed E-state index contributed by atoms with van der Waals surface area (Å²) in [6.07, 6.45) is 5.72. The summed E-state index contributed by atoms with van der Waals surface area (Å²) in [4.78, 5) is 30.6. The molecule has 3 unspecified atom stereocenters. The van der Waals surface area contributed by atoms with Crippen LogP contribution >= 0.6 is 11.3 Å². The Labute approximate surface area is 214 Å². The maximum Gasteiger partial charge on any atom is 0.263 e. The second-order valence-electron chi connectivity index (χ2n) is 10.4. The third-order valence-corrected chi connectivity index (χ3v) is 9.03. The Balaban J connectivity index is 1.15. The summed E-state index contributed by atoms with van der Waals surface area (Å²) in [7, 11) is 0. The zero-order valence-corrected chi connectivity index (χ0v) is 21.7. The number of nitrogens with zero attached hydrogens (tertiary/aromatic N) is 4. The summed E-state index contributed by atoms with van der Waals surface area (Å²) in [5, 5.41) is 3.98. The van der Waals surface area contributed by atoms with E-state index in [-0.39, 0.29) is 23.6 Å². The molecular weight excluding hydrogens is 474 g/mol. The third-order valence-electron chi connectivity index (χ3n) is 7.93. The fraction of sp³-hybridized carbons (Fsp3) is 0.538. The van der Waals surface area contributed by atoms with Crippen molar-refractivity contribution in [1.29, 1.82) is 0 Å². The van der Waals surface area contributed by atoms with Crippen molar-refractivity contribution >= 4 is 39.0 Å². The molecule has 1 amide bonds. The molecule has 0 bridgehead atoms. The highest BCUT2D eigenvalue weighted by Crippen LogP contribution is 2.36. The van der Waals surface area contributed by atoms with Gasteiger partial charge in [0.25, 0.3) is 5.91 Å². The van der Waals surface area contributed by atoms with E-state index in [1.165, 1.54) is 23.3 Å². The highest BCUT2D eigenvalue weighted by atomic mass is 32.1. The molecule has 10 heteroatoms. The van der Waals surface area contributed by atoms with Gasteiger partial charge in [0.1, 0.15) is 27.0 Å². The Morgan fingerprint density at radius 1 is 1.25 bits per heavy atom. The molecule has 6 rings (SSSR count). The molecule has 1 aliphatic carbocycles. The molecule has 3 aromatic rings. The van der Waals surface area contributed by atoms with Crippen molar-refractivity contribution in [2.24, 2.45) is 5.73 Å². The number of aromatic nitrogens is 3. The number of carbonyl (C=O) groups excluding carboxylic acids is 1. The molecule has 2 aliphatic heterocycles. The maximum absolute atomic E-state index is 13.1. The molecule has 1 spiro atoms. The molecule has 3 atom stereocenters. The molecule has 2 saturated heterocycles. The van der Waals surface area contributed by atoms with Crippen molar-refractivity contribution in [1.82, 2.24) is 20.3 Å². The van der Waals surface area contributed by atoms with Crippen molar-refractivity contribution in [2.45, 2.75) is 70.1 Å². The van der Waals surface area contributed by atoms with Gasteiger partial charge in [0.15, 0.2) is 0 Å². The van der Waals surface area contributed by atoms with Crippen LogP contribution in [0.15, 0.2) is 12.1 Å². The monoisotopic (exact) mass is 507 g/mol. The number of fused-ring (bicyclic) bond motifs is 2. The van der Waals surface area contributed by atoms with Crippen molar-refractivity contribution in [3.8, 4) is 0 Å². The van der Waals surface area contributed by atoms with Gasteiger partial charge in [0, 0.05) is 24.9 Å². The van der Waals surface area contributed by atoms with Gasteiger partial charge < -0.3 is 26.4 Å². The van der Waals surface area contributed by atoms with Crippen LogP contribution in [0, 0.1) is 13.8 Å². The zero-order chi connectivity index (χ0) is 25.0. The van der Waals surface area contributed by atoms with Gasteiger partial charge in [-0.1, -0.05) is 6.07 Å². The van der Waals surface area contributed by atoms with Gasteiger partial charge in [-0.25, -0.2) is 15.0 Å². The van der Waals surface area contributed by atoms with E-state index >= 15 is 0 Å². The summed E-state index contributed by atoms with van der Waals surface area (Å²) < 4.78 is 6.18. The first-order chi connectivity index (χ1) is 17.3. The third kappa shape index (κ3) is 4.01. The van der Waals surface area contributed by atoms with E-state index in [1.807, 2.05) is 13.8 Å². The summed E-state index contributed by atoms with van der Waals surface area (Å²) >= 11 is 1.33. The van der Waals surface area contributed by atoms with Crippen LogP contribution in [0.1, 0.15) is 58.1 Å². The number of hydrogen-bond donors (Lipinski definition) is 3. The zero-order valence-electron chi connectivity index (χ0n) is 20.8. The standard InChI is InChI=1S/C26H33N7O2S/c1-14-21-22(28)23(36-25(21)30-15(2)29-14)24(34)31-17-6-7-18-16(11-17)5-8-20(32-18)33-12-19(27)26(13-33)9-3-4-10-35-26/h5,8,17,19H,3-4,6-7,9-13,27-28H2,1-2H3,(H,31,34). The first kappa shape index (κ1) is 23.6. The van der Waals surface area contributed by atoms with Gasteiger partial charge in [0.05, 0.1) is 29.4 Å². The normalized spacial score (nSPS) is 25.9. The predicted molar refractivity (Wildman–Crippen MR) is 142 cm³/mol. The molecule has 2 fully saturated rings. The van der Waals surface area contributed by atoms with Crippen molar-refractivity contribution in [2.75, 3.05) is 30.3 Å². The number of nitrogens with one attached hydrogen (secondary N) is 1. The Morgan fingerprint density at radius 2 is 2.11 bits per heavy atom. The van der Waals surface area contributed by atoms with Crippen LogP contribution in [-0.2, 0) is 17.6 Å². The Bertz CT molecular complexity index is 1330. The Hall–Kier alpha value is -2.82. The van der Waals surface area contributed by atoms with Crippen LogP contribution in [0.25, 0.3) is 10.2 Å². The number of rotatable bonds is 3. The van der Waals surface area contributed by atoms with E-state index in [0.717, 1.165) is 79.2 Å². The lowest BCUT2D eigenvalue weighted by Gasteiger charge is -2.36. The average Bonchev–Trinajstić information content (AvgIpc) is 3.35. The summed E-state index contributed by atoms with van der Waals surface area (Å²) in [5.74, 6) is 1.51. The molecule has 5 N–H and O–H groups in total. The molecule has 190 valence electrons. The minimum absolute atomic E-state index is 0.00949. The van der Waals surface area contributed by atoms with E-state index in [1.54, 1.807) is 0 Å². The molecule has 9 nitrogen and oxygen atoms in total. The SMILES string of the molecule is Cc1nc(C)c2c(N)c(C(=O)NC3CCc4nc(N5CC(N)C6(CCCCO6)C5)ccc4C3)sc2n1. The highest BCUT2D eigenvalue weighted by molar-refractivity contribution is 7.21. The average molecular weight is 508 g/mol. The molecular formula is C26H33N7O2S. The fourth-order valence-corrected chi connectivity index (χ4v) is 7.12. The van der Waals surface area contributed by atoms with E-state index in [0.29, 0.717) is 16.4 Å². The lowest BCUT2D eigenvalue weighted by molar-refractivity contribution is -0.0717. The Morgan fingerprint density at radius 3 is 2.92 bits per heavy atom. The fourth-order valence-electron chi connectivity index (χ4n) is 6.02. The van der Waals surface area contributed by atoms with Gasteiger partial charge in [0.2, 0.25) is 0 Å². The number of carbonyl (C=O) groups is 1. The van der Waals surface area contributed by atoms with Crippen molar-refractivity contribution in [3.63, 3.8) is 0 Å². The van der Waals surface area contributed by atoms with Gasteiger partial charge in [-0.3, -0.25) is 4.79 Å². The summed E-state index contributed by atoms with van der Waals surface area (Å²) in [6.45, 7) is 6.12. The van der Waals surface area contributed by atoms with E-state index in [2.05, 4.69) is 32.3 Å². The second-order valence-corrected chi connectivity index (χ2v) is 11.4.